The number of nitrogens with zero attached hydrogens (tertiary/aromatic N) is 1. The highest BCUT2D eigenvalue weighted by atomic mass is 32.1. The second-order valence-electron chi connectivity index (χ2n) is 2.90. The van der Waals surface area contributed by atoms with Crippen molar-refractivity contribution in [2.24, 2.45) is 0 Å². The van der Waals surface area contributed by atoms with Gasteiger partial charge in [-0.1, -0.05) is 19.9 Å². The van der Waals surface area contributed by atoms with Crippen molar-refractivity contribution in [3.05, 3.63) is 23.7 Å². The van der Waals surface area contributed by atoms with Gasteiger partial charge in [0.2, 0.25) is 0 Å². The molecule has 0 aliphatic heterocycles. The van der Waals surface area contributed by atoms with Crippen LogP contribution in [0.15, 0.2) is 18.0 Å². The van der Waals surface area contributed by atoms with Gasteiger partial charge in [-0.2, -0.15) is 0 Å². The molecule has 0 bridgehead atoms. The van der Waals surface area contributed by atoms with Crippen LogP contribution in [-0.4, -0.2) is 11.5 Å². The summed E-state index contributed by atoms with van der Waals surface area (Å²) in [5.41, 5.74) is 1.16. The normalized spacial score (nSPS) is 10.2. The Bertz CT molecular complexity index is 253. The van der Waals surface area contributed by atoms with Crippen LogP contribution in [-0.2, 0) is 0 Å². The molecule has 0 aromatic carbocycles. The van der Waals surface area contributed by atoms with Crippen molar-refractivity contribution in [3.8, 4) is 0 Å². The van der Waals surface area contributed by atoms with E-state index in [1.807, 2.05) is 6.08 Å². The van der Waals surface area contributed by atoms with E-state index in [1.165, 1.54) is 0 Å². The quantitative estimate of drug-likeness (QED) is 0.724. The standard InChI is InChI=1S/C9H14N2S/c1-4-5-10-9-11-8(6-12-9)7(2)3/h4,6-7H,1,5H2,2-3H3,(H,10,11). The third-order valence-electron chi connectivity index (χ3n) is 1.51. The first-order chi connectivity index (χ1) is 5.74. The number of hydrogen-bond acceptors (Lipinski definition) is 3. The first-order valence-corrected chi connectivity index (χ1v) is 4.92. The minimum atomic E-state index is 0.514. The van der Waals surface area contributed by atoms with Gasteiger partial charge in [-0.3, -0.25) is 0 Å². The summed E-state index contributed by atoms with van der Waals surface area (Å²) in [4.78, 5) is 4.41. The van der Waals surface area contributed by atoms with Crippen molar-refractivity contribution >= 4 is 16.5 Å². The van der Waals surface area contributed by atoms with Crippen LogP contribution in [0.2, 0.25) is 0 Å². The van der Waals surface area contributed by atoms with Crippen molar-refractivity contribution in [3.63, 3.8) is 0 Å². The van der Waals surface area contributed by atoms with Gasteiger partial charge in [-0.15, -0.1) is 17.9 Å². The lowest BCUT2D eigenvalue weighted by molar-refractivity contribution is 0.833. The average molecular weight is 182 g/mol. The zero-order valence-electron chi connectivity index (χ0n) is 7.50. The van der Waals surface area contributed by atoms with Gasteiger partial charge in [-0.25, -0.2) is 4.98 Å². The summed E-state index contributed by atoms with van der Waals surface area (Å²) in [6, 6.07) is 0. The number of nitrogens with one attached hydrogen (secondary N) is 1. The number of hydrogen-bond donors (Lipinski definition) is 1. The summed E-state index contributed by atoms with van der Waals surface area (Å²) in [7, 11) is 0. The maximum atomic E-state index is 4.41. The zero-order chi connectivity index (χ0) is 8.97. The van der Waals surface area contributed by atoms with Gasteiger partial charge in [0.05, 0.1) is 5.69 Å². The number of rotatable bonds is 4. The second-order valence-corrected chi connectivity index (χ2v) is 3.76. The van der Waals surface area contributed by atoms with Crippen molar-refractivity contribution in [2.75, 3.05) is 11.9 Å². The summed E-state index contributed by atoms with van der Waals surface area (Å²) in [5, 5.41) is 6.24. The molecule has 1 N–H and O–H groups in total. The molecule has 0 spiro atoms. The third-order valence-corrected chi connectivity index (χ3v) is 2.33. The summed E-state index contributed by atoms with van der Waals surface area (Å²) in [6.07, 6.45) is 1.83. The Morgan fingerprint density at radius 1 is 1.75 bits per heavy atom. The molecule has 0 unspecified atom stereocenters. The summed E-state index contributed by atoms with van der Waals surface area (Å²) in [6.45, 7) is 8.71. The van der Waals surface area contributed by atoms with Gasteiger partial charge in [0.15, 0.2) is 5.13 Å². The van der Waals surface area contributed by atoms with E-state index in [9.17, 15) is 0 Å². The fourth-order valence-corrected chi connectivity index (χ4v) is 1.67. The average Bonchev–Trinajstić information content (AvgIpc) is 2.48. The molecule has 66 valence electrons. The van der Waals surface area contributed by atoms with Crippen LogP contribution in [0.4, 0.5) is 5.13 Å². The van der Waals surface area contributed by atoms with Gasteiger partial charge in [0, 0.05) is 11.9 Å². The lowest BCUT2D eigenvalue weighted by Crippen LogP contribution is -1.97. The Morgan fingerprint density at radius 2 is 2.50 bits per heavy atom. The topological polar surface area (TPSA) is 24.9 Å². The van der Waals surface area contributed by atoms with E-state index in [2.05, 4.69) is 36.1 Å². The molecule has 0 atom stereocenters. The molecular formula is C9H14N2S. The summed E-state index contributed by atoms with van der Waals surface area (Å²) >= 11 is 1.65. The molecule has 2 nitrogen and oxygen atoms in total. The highest BCUT2D eigenvalue weighted by molar-refractivity contribution is 7.13. The predicted octanol–water partition coefficient (Wildman–Crippen LogP) is 2.86. The second kappa shape index (κ2) is 4.26. The van der Waals surface area contributed by atoms with Crippen molar-refractivity contribution in [2.45, 2.75) is 19.8 Å². The Balaban J connectivity index is 2.58. The molecule has 0 fully saturated rings. The van der Waals surface area contributed by atoms with Gasteiger partial charge in [0.1, 0.15) is 0 Å². The Morgan fingerprint density at radius 3 is 3.00 bits per heavy atom. The maximum absolute atomic E-state index is 4.41. The Hall–Kier alpha value is -0.830. The number of aromatic nitrogens is 1. The van der Waals surface area contributed by atoms with Gasteiger partial charge in [-0.05, 0) is 5.92 Å². The van der Waals surface area contributed by atoms with E-state index in [0.29, 0.717) is 5.92 Å². The molecule has 1 rings (SSSR count). The molecule has 12 heavy (non-hydrogen) atoms. The molecule has 0 amide bonds. The Kier molecular flexibility index (Phi) is 3.29. The van der Waals surface area contributed by atoms with Crippen LogP contribution in [0.3, 0.4) is 0 Å². The molecule has 0 aliphatic carbocycles. The molecule has 0 aliphatic rings. The van der Waals surface area contributed by atoms with Crippen LogP contribution in [0, 0.1) is 0 Å². The lowest BCUT2D eigenvalue weighted by Gasteiger charge is -1.98. The number of anilines is 1. The van der Waals surface area contributed by atoms with Crippen molar-refractivity contribution in [1.29, 1.82) is 0 Å². The van der Waals surface area contributed by atoms with Crippen molar-refractivity contribution < 1.29 is 0 Å². The minimum absolute atomic E-state index is 0.514. The molecule has 0 saturated carbocycles. The van der Waals surface area contributed by atoms with Gasteiger partial charge >= 0.3 is 0 Å². The predicted molar refractivity (Wildman–Crippen MR) is 54.9 cm³/mol. The smallest absolute Gasteiger partial charge is 0.183 e. The van der Waals surface area contributed by atoms with Crippen LogP contribution in [0.1, 0.15) is 25.5 Å². The largest absolute Gasteiger partial charge is 0.358 e. The SMILES string of the molecule is C=CCNc1nc(C(C)C)cs1. The van der Waals surface area contributed by atoms with E-state index < -0.39 is 0 Å². The fraction of sp³-hybridized carbons (Fsp3) is 0.444. The molecule has 0 radical (unpaired) electrons. The summed E-state index contributed by atoms with van der Waals surface area (Å²) in [5.74, 6) is 0.514. The molecule has 1 aromatic rings. The molecule has 1 aromatic heterocycles. The third kappa shape index (κ3) is 2.34. The lowest BCUT2D eigenvalue weighted by atomic mass is 10.2. The van der Waals surface area contributed by atoms with Crippen molar-refractivity contribution in [1.82, 2.24) is 4.98 Å². The van der Waals surface area contributed by atoms with Gasteiger partial charge < -0.3 is 5.32 Å². The molecule has 1 heterocycles. The summed E-state index contributed by atoms with van der Waals surface area (Å²) < 4.78 is 0. The van der Waals surface area contributed by atoms with E-state index >= 15 is 0 Å². The zero-order valence-corrected chi connectivity index (χ0v) is 8.32. The highest BCUT2D eigenvalue weighted by Gasteiger charge is 2.03. The monoisotopic (exact) mass is 182 g/mol. The van der Waals surface area contributed by atoms with E-state index in [4.69, 9.17) is 0 Å². The number of thiazole rings is 1. The van der Waals surface area contributed by atoms with E-state index in [0.717, 1.165) is 17.4 Å². The molecule has 0 saturated heterocycles. The van der Waals surface area contributed by atoms with Crippen LogP contribution in [0.5, 0.6) is 0 Å². The van der Waals surface area contributed by atoms with Crippen LogP contribution in [0.25, 0.3) is 0 Å². The fourth-order valence-electron chi connectivity index (χ4n) is 0.792. The maximum Gasteiger partial charge on any atom is 0.183 e. The Labute approximate surface area is 77.3 Å². The molecular weight excluding hydrogens is 168 g/mol. The van der Waals surface area contributed by atoms with Crippen LogP contribution >= 0.6 is 11.3 Å². The molecule has 3 heteroatoms. The highest BCUT2D eigenvalue weighted by Crippen LogP contribution is 2.20. The first kappa shape index (κ1) is 9.26. The van der Waals surface area contributed by atoms with E-state index in [1.54, 1.807) is 11.3 Å². The minimum Gasteiger partial charge on any atom is -0.358 e. The van der Waals surface area contributed by atoms with Gasteiger partial charge in [0.25, 0.3) is 0 Å². The van der Waals surface area contributed by atoms with E-state index in [-0.39, 0.29) is 0 Å². The van der Waals surface area contributed by atoms with Crippen LogP contribution < -0.4 is 5.32 Å². The first-order valence-electron chi connectivity index (χ1n) is 4.04.